The van der Waals surface area contributed by atoms with Gasteiger partial charge in [-0.1, -0.05) is 0 Å². The van der Waals surface area contributed by atoms with Crippen molar-refractivity contribution < 1.29 is 18.3 Å². The normalized spacial score (nSPS) is 14.8. The van der Waals surface area contributed by atoms with E-state index in [1.54, 1.807) is 17.3 Å². The van der Waals surface area contributed by atoms with Crippen molar-refractivity contribution in [3.63, 3.8) is 0 Å². The average Bonchev–Trinajstić information content (AvgIpc) is 2.62. The van der Waals surface area contributed by atoms with Gasteiger partial charge in [0.05, 0.1) is 0 Å². The highest BCUT2D eigenvalue weighted by Gasteiger charge is 2.22. The molecule has 0 atom stereocenters. The molecular formula is C17H17F2N3O2. The average molecular weight is 333 g/mol. The zero-order valence-corrected chi connectivity index (χ0v) is 12.9. The SMILES string of the molecule is O=C(c1ccc(OC(F)F)cc1)N1CCN(c2ccncc2)CC1. The zero-order valence-electron chi connectivity index (χ0n) is 12.9. The molecule has 0 unspecified atom stereocenters. The minimum Gasteiger partial charge on any atom is -0.435 e. The Balaban J connectivity index is 1.59. The number of rotatable bonds is 4. The molecule has 0 saturated carbocycles. The number of carbonyl (C=O) groups excluding carboxylic acids is 1. The second-order valence-corrected chi connectivity index (χ2v) is 5.39. The van der Waals surface area contributed by atoms with E-state index in [0.29, 0.717) is 18.7 Å². The molecule has 1 amide bonds. The van der Waals surface area contributed by atoms with E-state index in [1.807, 2.05) is 12.1 Å². The third-order valence-electron chi connectivity index (χ3n) is 3.92. The maximum Gasteiger partial charge on any atom is 0.387 e. The van der Waals surface area contributed by atoms with Crippen LogP contribution in [-0.4, -0.2) is 48.6 Å². The van der Waals surface area contributed by atoms with Crippen molar-refractivity contribution >= 4 is 11.6 Å². The van der Waals surface area contributed by atoms with E-state index in [0.717, 1.165) is 18.8 Å². The molecule has 1 aliphatic rings. The van der Waals surface area contributed by atoms with Crippen molar-refractivity contribution in [1.82, 2.24) is 9.88 Å². The number of aromatic nitrogens is 1. The molecule has 0 bridgehead atoms. The lowest BCUT2D eigenvalue weighted by atomic mass is 10.1. The number of pyridine rings is 1. The van der Waals surface area contributed by atoms with Crippen LogP contribution in [0.4, 0.5) is 14.5 Å². The minimum absolute atomic E-state index is 0.0454. The molecule has 1 aromatic carbocycles. The first-order valence-electron chi connectivity index (χ1n) is 7.62. The van der Waals surface area contributed by atoms with Gasteiger partial charge in [0, 0.05) is 49.8 Å². The summed E-state index contributed by atoms with van der Waals surface area (Å²) < 4.78 is 28.6. The number of nitrogens with zero attached hydrogens (tertiary/aromatic N) is 3. The third-order valence-corrected chi connectivity index (χ3v) is 3.92. The fourth-order valence-electron chi connectivity index (χ4n) is 2.68. The summed E-state index contributed by atoms with van der Waals surface area (Å²) in [5.41, 5.74) is 1.56. The molecule has 24 heavy (non-hydrogen) atoms. The van der Waals surface area contributed by atoms with Crippen molar-refractivity contribution in [2.75, 3.05) is 31.1 Å². The molecule has 0 radical (unpaired) electrons. The second-order valence-electron chi connectivity index (χ2n) is 5.39. The Kier molecular flexibility index (Phi) is 4.88. The van der Waals surface area contributed by atoms with Gasteiger partial charge < -0.3 is 14.5 Å². The first-order chi connectivity index (χ1) is 11.6. The van der Waals surface area contributed by atoms with Gasteiger partial charge in [-0.3, -0.25) is 9.78 Å². The van der Waals surface area contributed by atoms with E-state index in [2.05, 4.69) is 14.6 Å². The Bertz CT molecular complexity index is 672. The van der Waals surface area contributed by atoms with Crippen LogP contribution in [-0.2, 0) is 0 Å². The first kappa shape index (κ1) is 16.2. The molecule has 7 heteroatoms. The quantitative estimate of drug-likeness (QED) is 0.863. The standard InChI is InChI=1S/C17H17F2N3O2/c18-17(19)24-15-3-1-13(2-4-15)16(23)22-11-9-21(10-12-22)14-5-7-20-8-6-14/h1-8,17H,9-12H2. The predicted molar refractivity (Wildman–Crippen MR) is 85.4 cm³/mol. The largest absolute Gasteiger partial charge is 0.435 e. The van der Waals surface area contributed by atoms with Gasteiger partial charge in [0.25, 0.3) is 5.91 Å². The first-order valence-corrected chi connectivity index (χ1v) is 7.62. The van der Waals surface area contributed by atoms with E-state index in [1.165, 1.54) is 24.3 Å². The lowest BCUT2D eigenvalue weighted by molar-refractivity contribution is -0.0498. The number of ether oxygens (including phenoxy) is 1. The second kappa shape index (κ2) is 7.25. The molecule has 2 aromatic rings. The molecule has 0 N–H and O–H groups in total. The molecular weight excluding hydrogens is 316 g/mol. The summed E-state index contributed by atoms with van der Waals surface area (Å²) in [7, 11) is 0. The summed E-state index contributed by atoms with van der Waals surface area (Å²) in [6.45, 7) is -0.176. The lowest BCUT2D eigenvalue weighted by Crippen LogP contribution is -2.48. The van der Waals surface area contributed by atoms with E-state index in [4.69, 9.17) is 0 Å². The highest BCUT2D eigenvalue weighted by Crippen LogP contribution is 2.18. The van der Waals surface area contributed by atoms with E-state index in [9.17, 15) is 13.6 Å². The molecule has 1 aromatic heterocycles. The molecule has 1 fully saturated rings. The van der Waals surface area contributed by atoms with Crippen LogP contribution in [0.1, 0.15) is 10.4 Å². The van der Waals surface area contributed by atoms with Crippen LogP contribution in [0.2, 0.25) is 0 Å². The number of hydrogen-bond donors (Lipinski definition) is 0. The summed E-state index contributed by atoms with van der Waals surface area (Å²) in [5, 5.41) is 0. The maximum atomic E-state index is 12.5. The number of carbonyl (C=O) groups is 1. The smallest absolute Gasteiger partial charge is 0.387 e. The van der Waals surface area contributed by atoms with Crippen molar-refractivity contribution in [3.05, 3.63) is 54.4 Å². The van der Waals surface area contributed by atoms with Crippen molar-refractivity contribution in [2.45, 2.75) is 6.61 Å². The van der Waals surface area contributed by atoms with E-state index >= 15 is 0 Å². The number of amides is 1. The van der Waals surface area contributed by atoms with Crippen LogP contribution in [0.3, 0.4) is 0 Å². The number of anilines is 1. The number of hydrogen-bond acceptors (Lipinski definition) is 4. The lowest BCUT2D eigenvalue weighted by Gasteiger charge is -2.36. The van der Waals surface area contributed by atoms with Crippen LogP contribution >= 0.6 is 0 Å². The van der Waals surface area contributed by atoms with E-state index in [-0.39, 0.29) is 11.7 Å². The van der Waals surface area contributed by atoms with Gasteiger partial charge in [-0.05, 0) is 36.4 Å². The fraction of sp³-hybridized carbons (Fsp3) is 0.294. The van der Waals surface area contributed by atoms with Gasteiger partial charge >= 0.3 is 6.61 Å². The topological polar surface area (TPSA) is 45.7 Å². The molecule has 2 heterocycles. The Morgan fingerprint density at radius 1 is 1.00 bits per heavy atom. The third kappa shape index (κ3) is 3.79. The number of benzene rings is 1. The van der Waals surface area contributed by atoms with Crippen LogP contribution in [0.25, 0.3) is 0 Å². The summed E-state index contributed by atoms with van der Waals surface area (Å²) >= 11 is 0. The van der Waals surface area contributed by atoms with Crippen LogP contribution in [0.5, 0.6) is 5.75 Å². The summed E-state index contributed by atoms with van der Waals surface area (Å²) in [6, 6.07) is 9.67. The van der Waals surface area contributed by atoms with Crippen LogP contribution < -0.4 is 9.64 Å². The van der Waals surface area contributed by atoms with Gasteiger partial charge in [-0.25, -0.2) is 0 Å². The highest BCUT2D eigenvalue weighted by molar-refractivity contribution is 5.94. The van der Waals surface area contributed by atoms with Crippen LogP contribution in [0.15, 0.2) is 48.8 Å². The molecule has 0 aliphatic carbocycles. The number of alkyl halides is 2. The Hall–Kier alpha value is -2.70. The summed E-state index contributed by atoms with van der Waals surface area (Å²) in [4.78, 5) is 20.4. The van der Waals surface area contributed by atoms with Crippen molar-refractivity contribution in [1.29, 1.82) is 0 Å². The van der Waals surface area contributed by atoms with Gasteiger partial charge in [0.1, 0.15) is 5.75 Å². The van der Waals surface area contributed by atoms with Crippen LogP contribution in [0, 0.1) is 0 Å². The van der Waals surface area contributed by atoms with Gasteiger partial charge in [-0.15, -0.1) is 0 Å². The van der Waals surface area contributed by atoms with Crippen molar-refractivity contribution in [2.24, 2.45) is 0 Å². The number of piperazine rings is 1. The monoisotopic (exact) mass is 333 g/mol. The summed E-state index contributed by atoms with van der Waals surface area (Å²) in [6.07, 6.45) is 3.49. The zero-order chi connectivity index (χ0) is 16.9. The van der Waals surface area contributed by atoms with E-state index < -0.39 is 6.61 Å². The Morgan fingerprint density at radius 3 is 2.21 bits per heavy atom. The molecule has 126 valence electrons. The molecule has 0 spiro atoms. The molecule has 1 aliphatic heterocycles. The van der Waals surface area contributed by atoms with Gasteiger partial charge in [0.15, 0.2) is 0 Å². The molecule has 1 saturated heterocycles. The van der Waals surface area contributed by atoms with Gasteiger partial charge in [-0.2, -0.15) is 8.78 Å². The Morgan fingerprint density at radius 2 is 1.62 bits per heavy atom. The van der Waals surface area contributed by atoms with Gasteiger partial charge in [0.2, 0.25) is 0 Å². The summed E-state index contributed by atoms with van der Waals surface area (Å²) in [5.74, 6) is -0.0583. The fourth-order valence-corrected chi connectivity index (χ4v) is 2.68. The number of halogens is 2. The maximum absolute atomic E-state index is 12.5. The minimum atomic E-state index is -2.87. The molecule has 5 nitrogen and oxygen atoms in total. The predicted octanol–water partition coefficient (Wildman–Crippen LogP) is 2.65. The Labute approximate surface area is 138 Å². The highest BCUT2D eigenvalue weighted by atomic mass is 19.3. The molecule has 3 rings (SSSR count). The van der Waals surface area contributed by atoms with Crippen molar-refractivity contribution in [3.8, 4) is 5.75 Å².